The molecule has 0 heterocycles. The average molecular weight is 409 g/mol. The van der Waals surface area contributed by atoms with Crippen molar-refractivity contribution in [3.63, 3.8) is 0 Å². The predicted octanol–water partition coefficient (Wildman–Crippen LogP) is 8.27. The van der Waals surface area contributed by atoms with Crippen LogP contribution in [0.1, 0.15) is 13.8 Å². The van der Waals surface area contributed by atoms with Gasteiger partial charge in [0.15, 0.2) is 0 Å². The molecule has 0 aromatic carbocycles. The lowest BCUT2D eigenvalue weighted by molar-refractivity contribution is -0.176. The first-order chi connectivity index (χ1) is 14.2. The minimum absolute atomic E-state index is 0.113. The van der Waals surface area contributed by atoms with Crippen LogP contribution < -0.4 is 0 Å². The third-order valence-corrected chi connectivity index (χ3v) is 3.90. The summed E-state index contributed by atoms with van der Waals surface area (Å²) < 4.78 is 34.0. The largest absolute Gasteiger partial charge is 0.429 e. The van der Waals surface area contributed by atoms with E-state index in [0.29, 0.717) is 5.57 Å². The Hall–Kier alpha value is -3.46. The van der Waals surface area contributed by atoms with Crippen molar-refractivity contribution in [3.8, 4) is 0 Å². The Morgan fingerprint density at radius 2 is 1.07 bits per heavy atom. The second-order valence-corrected chi connectivity index (χ2v) is 6.10. The van der Waals surface area contributed by atoms with Gasteiger partial charge >= 0.3 is 6.11 Å². The van der Waals surface area contributed by atoms with Crippen LogP contribution in [0, 0.1) is 0 Å². The number of hydrogen-bond donors (Lipinski definition) is 0. The molecule has 0 bridgehead atoms. The van der Waals surface area contributed by atoms with Crippen LogP contribution in [0.25, 0.3) is 0 Å². The highest BCUT2D eigenvalue weighted by molar-refractivity contribution is 5.49. The summed E-state index contributed by atoms with van der Waals surface area (Å²) in [6.07, 6.45) is 14.6. The summed E-state index contributed by atoms with van der Waals surface area (Å²) in [7, 11) is 0. The van der Waals surface area contributed by atoms with Gasteiger partial charge in [0.1, 0.15) is 5.76 Å². The SMILES string of the molecule is C=C\C(C)=C/C=C(C=C)/C(C=C)=C/C=C(\C=C)OC(F)(F)/C(C=C)=C/C=C(/C)C=C. The highest BCUT2D eigenvalue weighted by atomic mass is 19.3. The maximum absolute atomic E-state index is 14.6. The molecule has 0 aliphatic carbocycles. The van der Waals surface area contributed by atoms with Crippen LogP contribution in [-0.2, 0) is 4.74 Å². The van der Waals surface area contributed by atoms with Crippen molar-refractivity contribution >= 4 is 0 Å². The van der Waals surface area contributed by atoms with Crippen LogP contribution in [-0.4, -0.2) is 6.11 Å². The summed E-state index contributed by atoms with van der Waals surface area (Å²) >= 11 is 0. The molecular formula is C27H30F2O. The zero-order chi connectivity index (χ0) is 23.2. The lowest BCUT2D eigenvalue weighted by Gasteiger charge is -2.19. The Balaban J connectivity index is 5.96. The fraction of sp³-hybridized carbons (Fsp3) is 0.111. The highest BCUT2D eigenvalue weighted by Crippen LogP contribution is 2.30. The summed E-state index contributed by atoms with van der Waals surface area (Å²) in [6.45, 7) is 25.5. The molecule has 0 rings (SSSR count). The van der Waals surface area contributed by atoms with Crippen molar-refractivity contribution in [2.75, 3.05) is 0 Å². The maximum Gasteiger partial charge on any atom is 0.426 e. The molecule has 0 N–H and O–H groups in total. The Morgan fingerprint density at radius 3 is 1.47 bits per heavy atom. The smallest absolute Gasteiger partial charge is 0.426 e. The molecule has 0 aromatic heterocycles. The fourth-order valence-electron chi connectivity index (χ4n) is 1.95. The first-order valence-electron chi connectivity index (χ1n) is 9.20. The van der Waals surface area contributed by atoms with E-state index in [4.69, 9.17) is 4.74 Å². The predicted molar refractivity (Wildman–Crippen MR) is 127 cm³/mol. The molecule has 0 fully saturated rings. The number of alkyl halides is 2. The van der Waals surface area contributed by atoms with Crippen molar-refractivity contribution in [2.24, 2.45) is 0 Å². The molecular weight excluding hydrogens is 378 g/mol. The molecule has 0 aliphatic rings. The number of allylic oxidation sites excluding steroid dienone is 15. The van der Waals surface area contributed by atoms with Gasteiger partial charge in [0, 0.05) is 0 Å². The average Bonchev–Trinajstić information content (AvgIpc) is 2.74. The van der Waals surface area contributed by atoms with Gasteiger partial charge in [-0.15, -0.1) is 0 Å². The highest BCUT2D eigenvalue weighted by Gasteiger charge is 2.35. The number of hydrogen-bond acceptors (Lipinski definition) is 1. The lowest BCUT2D eigenvalue weighted by Crippen LogP contribution is -2.22. The molecule has 3 heteroatoms. The molecule has 1 nitrogen and oxygen atoms in total. The quantitative estimate of drug-likeness (QED) is 0.220. The zero-order valence-corrected chi connectivity index (χ0v) is 17.8. The molecule has 0 atom stereocenters. The van der Waals surface area contributed by atoms with Crippen LogP contribution in [0.2, 0.25) is 0 Å². The maximum atomic E-state index is 14.6. The molecule has 158 valence electrons. The van der Waals surface area contributed by atoms with E-state index in [-0.39, 0.29) is 11.3 Å². The summed E-state index contributed by atoms with van der Waals surface area (Å²) in [5.74, 6) is -0.113. The van der Waals surface area contributed by atoms with Crippen LogP contribution in [0.5, 0.6) is 0 Å². The van der Waals surface area contributed by atoms with E-state index >= 15 is 0 Å². The van der Waals surface area contributed by atoms with Gasteiger partial charge in [-0.05, 0) is 43.2 Å². The van der Waals surface area contributed by atoms with Gasteiger partial charge in [0.2, 0.25) is 0 Å². The third kappa shape index (κ3) is 9.16. The van der Waals surface area contributed by atoms with E-state index in [1.165, 1.54) is 24.3 Å². The summed E-state index contributed by atoms with van der Waals surface area (Å²) in [5.41, 5.74) is 2.74. The second kappa shape index (κ2) is 13.7. The minimum Gasteiger partial charge on any atom is -0.429 e. The number of ether oxygens (including phenoxy) is 1. The summed E-state index contributed by atoms with van der Waals surface area (Å²) in [5, 5.41) is 0. The molecule has 0 unspecified atom stereocenters. The molecule has 0 aromatic rings. The number of halogens is 2. The van der Waals surface area contributed by atoms with Crippen LogP contribution in [0.15, 0.2) is 146 Å². The normalized spacial score (nSPS) is 14.7. The van der Waals surface area contributed by atoms with Gasteiger partial charge in [-0.3, -0.25) is 0 Å². The fourth-order valence-corrected chi connectivity index (χ4v) is 1.95. The standard InChI is InChI=1S/C27H30F2O/c1-9-21(7)15-17-23(11-3)24(12-4)18-20-26(14-6)30-27(28,29)25(13-5)19-16-22(8)10-2/h9-20H,1-6H2,7-8H3/b21-15-,22-16-,23-17+,24-18+,25-19+,26-20+. The van der Waals surface area contributed by atoms with Crippen molar-refractivity contribution in [1.29, 1.82) is 0 Å². The molecule has 0 aliphatic heterocycles. The molecule has 0 saturated carbocycles. The van der Waals surface area contributed by atoms with Gasteiger partial charge in [-0.25, -0.2) is 0 Å². The van der Waals surface area contributed by atoms with Gasteiger partial charge in [0.05, 0.1) is 5.57 Å². The Bertz CT molecular complexity index is 869. The first-order valence-corrected chi connectivity index (χ1v) is 9.20. The molecule has 0 spiro atoms. The van der Waals surface area contributed by atoms with E-state index in [9.17, 15) is 8.78 Å². The molecule has 0 amide bonds. The first kappa shape index (κ1) is 26.5. The summed E-state index contributed by atoms with van der Waals surface area (Å²) in [6, 6.07) is 0. The van der Waals surface area contributed by atoms with Gasteiger partial charge in [-0.1, -0.05) is 105 Å². The lowest BCUT2D eigenvalue weighted by atomic mass is 10.0. The summed E-state index contributed by atoms with van der Waals surface area (Å²) in [4.78, 5) is 0. The van der Waals surface area contributed by atoms with Gasteiger partial charge < -0.3 is 4.74 Å². The van der Waals surface area contributed by atoms with Crippen LogP contribution in [0.4, 0.5) is 8.78 Å². The van der Waals surface area contributed by atoms with Crippen molar-refractivity contribution < 1.29 is 13.5 Å². The monoisotopic (exact) mass is 408 g/mol. The van der Waals surface area contributed by atoms with E-state index in [1.807, 2.05) is 19.1 Å². The van der Waals surface area contributed by atoms with E-state index in [1.54, 1.807) is 37.3 Å². The Morgan fingerprint density at radius 1 is 0.600 bits per heavy atom. The van der Waals surface area contributed by atoms with Gasteiger partial charge in [0.25, 0.3) is 0 Å². The van der Waals surface area contributed by atoms with Crippen molar-refractivity contribution in [1.82, 2.24) is 0 Å². The second-order valence-electron chi connectivity index (χ2n) is 6.10. The van der Waals surface area contributed by atoms with E-state index < -0.39 is 6.11 Å². The van der Waals surface area contributed by atoms with Crippen LogP contribution in [0.3, 0.4) is 0 Å². The number of rotatable bonds is 13. The zero-order valence-electron chi connectivity index (χ0n) is 17.8. The van der Waals surface area contributed by atoms with Crippen LogP contribution >= 0.6 is 0 Å². The molecule has 0 radical (unpaired) electrons. The minimum atomic E-state index is -3.59. The van der Waals surface area contributed by atoms with Crippen molar-refractivity contribution in [2.45, 2.75) is 20.0 Å². The Labute approximate surface area is 179 Å². The molecule has 30 heavy (non-hydrogen) atoms. The third-order valence-electron chi connectivity index (χ3n) is 3.90. The van der Waals surface area contributed by atoms with Crippen molar-refractivity contribution in [3.05, 3.63) is 146 Å². The van der Waals surface area contributed by atoms with Gasteiger partial charge in [-0.2, -0.15) is 8.78 Å². The van der Waals surface area contributed by atoms with E-state index in [0.717, 1.165) is 22.8 Å². The van der Waals surface area contributed by atoms with E-state index in [2.05, 4.69) is 39.5 Å². The topological polar surface area (TPSA) is 9.23 Å². The Kier molecular flexibility index (Phi) is 12.1. The molecule has 0 saturated heterocycles.